The van der Waals surface area contributed by atoms with Crippen LogP contribution >= 0.6 is 11.6 Å². The van der Waals surface area contributed by atoms with Gasteiger partial charge in [0.05, 0.1) is 12.0 Å². The van der Waals surface area contributed by atoms with E-state index in [2.05, 4.69) is 41.3 Å². The number of fused-ring (bicyclic) bond motifs is 1. The molecule has 1 aliphatic carbocycles. The Hall–Kier alpha value is -2.51. The molecule has 1 saturated carbocycles. The van der Waals surface area contributed by atoms with Gasteiger partial charge in [-0.3, -0.25) is 0 Å². The topological polar surface area (TPSA) is 92.8 Å². The maximum absolute atomic E-state index is 6.27. The van der Waals surface area contributed by atoms with Crippen molar-refractivity contribution in [3.63, 3.8) is 0 Å². The average molecular weight is 456 g/mol. The van der Waals surface area contributed by atoms with Gasteiger partial charge in [0.15, 0.2) is 5.65 Å². The van der Waals surface area contributed by atoms with Gasteiger partial charge in [0.25, 0.3) is 0 Å². The molecule has 0 bridgehead atoms. The maximum Gasteiger partial charge on any atom is 0.164 e. The fourth-order valence-electron chi connectivity index (χ4n) is 4.71. The van der Waals surface area contributed by atoms with E-state index < -0.39 is 0 Å². The Bertz CT molecular complexity index is 1070. The Morgan fingerprint density at radius 3 is 2.59 bits per heavy atom. The minimum Gasteiger partial charge on any atom is -0.399 e. The Labute approximate surface area is 195 Å². The number of nitrogens with zero attached hydrogens (tertiary/aromatic N) is 3. The second kappa shape index (κ2) is 9.55. The van der Waals surface area contributed by atoms with Crippen LogP contribution in [0.1, 0.15) is 58.1 Å². The summed E-state index contributed by atoms with van der Waals surface area (Å²) in [4.78, 5) is 9.84. The number of nitrogens with two attached hydrogens (primary N) is 1. The molecule has 0 aliphatic heterocycles. The first-order chi connectivity index (χ1) is 15.4. The summed E-state index contributed by atoms with van der Waals surface area (Å²) in [6, 6.07) is 6.55. The molecule has 4 rings (SSSR count). The third kappa shape index (κ3) is 4.50. The van der Waals surface area contributed by atoms with Crippen LogP contribution in [0, 0.1) is 0 Å². The zero-order valence-electron chi connectivity index (χ0n) is 19.4. The number of likely N-dealkylation sites (N-methyl/N-ethyl adjacent to an activating group) is 1. The van der Waals surface area contributed by atoms with E-state index in [0.29, 0.717) is 22.8 Å². The lowest BCUT2D eigenvalue weighted by atomic mass is 9.90. The summed E-state index contributed by atoms with van der Waals surface area (Å²) in [6.45, 7) is 6.44. The van der Waals surface area contributed by atoms with Crippen LogP contribution in [0.4, 0.5) is 22.9 Å². The van der Waals surface area contributed by atoms with Crippen LogP contribution in [0.15, 0.2) is 24.5 Å². The van der Waals surface area contributed by atoms with Crippen molar-refractivity contribution in [3.8, 4) is 0 Å². The minimum absolute atomic E-state index is 0.252. The molecule has 32 heavy (non-hydrogen) atoms. The van der Waals surface area contributed by atoms with E-state index in [1.807, 2.05) is 25.5 Å². The second-order valence-electron chi connectivity index (χ2n) is 8.91. The summed E-state index contributed by atoms with van der Waals surface area (Å²) in [5.74, 6) is 0.923. The fourth-order valence-corrected chi connectivity index (χ4v) is 4.95. The van der Waals surface area contributed by atoms with Crippen LogP contribution in [0.2, 0.25) is 5.02 Å². The van der Waals surface area contributed by atoms with Crippen molar-refractivity contribution in [3.05, 3.63) is 35.1 Å². The van der Waals surface area contributed by atoms with Crippen molar-refractivity contribution < 1.29 is 0 Å². The highest BCUT2D eigenvalue weighted by Gasteiger charge is 2.26. The van der Waals surface area contributed by atoms with E-state index >= 15 is 0 Å². The van der Waals surface area contributed by atoms with Gasteiger partial charge < -0.3 is 26.3 Å². The molecule has 0 amide bonds. The monoisotopic (exact) mass is 455 g/mol. The Kier molecular flexibility index (Phi) is 6.76. The molecule has 1 fully saturated rings. The van der Waals surface area contributed by atoms with E-state index in [0.717, 1.165) is 46.8 Å². The third-order valence-corrected chi connectivity index (χ3v) is 6.59. The SMILES string of the molecule is CCc1c(NC2CCCCC2NC)nc2c(ncn2C(C)C)c1Nc1cc(N)cc(Cl)c1. The normalized spacial score (nSPS) is 18.9. The van der Waals surface area contributed by atoms with Crippen LogP contribution in [-0.4, -0.2) is 33.7 Å². The summed E-state index contributed by atoms with van der Waals surface area (Å²) < 4.78 is 2.12. The van der Waals surface area contributed by atoms with Gasteiger partial charge in [0.1, 0.15) is 11.3 Å². The maximum atomic E-state index is 6.27. The Morgan fingerprint density at radius 2 is 1.94 bits per heavy atom. The number of nitrogens with one attached hydrogen (secondary N) is 3. The van der Waals surface area contributed by atoms with E-state index in [-0.39, 0.29) is 6.04 Å². The highest BCUT2D eigenvalue weighted by atomic mass is 35.5. The van der Waals surface area contributed by atoms with Crippen molar-refractivity contribution >= 4 is 45.6 Å². The highest BCUT2D eigenvalue weighted by molar-refractivity contribution is 6.31. The summed E-state index contributed by atoms with van der Waals surface area (Å²) in [5, 5.41) is 11.4. The van der Waals surface area contributed by atoms with Gasteiger partial charge in [0.2, 0.25) is 0 Å². The lowest BCUT2D eigenvalue weighted by Gasteiger charge is -2.33. The van der Waals surface area contributed by atoms with Crippen LogP contribution in [0.25, 0.3) is 11.2 Å². The molecule has 8 heteroatoms. The molecule has 7 nitrogen and oxygen atoms in total. The molecule has 5 N–H and O–H groups in total. The predicted octanol–water partition coefficient (Wildman–Crippen LogP) is 5.50. The molecule has 3 aromatic rings. The van der Waals surface area contributed by atoms with Crippen LogP contribution in [0.3, 0.4) is 0 Å². The molecule has 0 radical (unpaired) electrons. The van der Waals surface area contributed by atoms with E-state index in [4.69, 9.17) is 27.3 Å². The van der Waals surface area contributed by atoms with Gasteiger partial charge in [-0.25, -0.2) is 9.97 Å². The van der Waals surface area contributed by atoms with Crippen molar-refractivity contribution in [2.45, 2.75) is 71.0 Å². The van der Waals surface area contributed by atoms with E-state index in [9.17, 15) is 0 Å². The number of pyridine rings is 1. The van der Waals surface area contributed by atoms with Gasteiger partial charge in [0, 0.05) is 40.1 Å². The molecule has 1 aromatic carbocycles. The van der Waals surface area contributed by atoms with Crippen LogP contribution in [0.5, 0.6) is 0 Å². The van der Waals surface area contributed by atoms with Gasteiger partial charge in [-0.1, -0.05) is 31.4 Å². The molecule has 2 heterocycles. The van der Waals surface area contributed by atoms with Crippen LogP contribution in [-0.2, 0) is 6.42 Å². The standard InChI is InChI=1S/C24H34ClN7/c1-5-18-21(29-17-11-15(25)10-16(26)12-17)22-24(32(13-28-22)14(2)3)31-23(18)30-20-9-7-6-8-19(20)27-4/h10-14,19-20,27H,5-9,26H2,1-4H3,(H2,29,30,31). The van der Waals surface area contributed by atoms with E-state index in [1.165, 1.54) is 19.3 Å². The van der Waals surface area contributed by atoms with Gasteiger partial charge in [-0.15, -0.1) is 0 Å². The predicted molar refractivity (Wildman–Crippen MR) is 135 cm³/mol. The highest BCUT2D eigenvalue weighted by Crippen LogP contribution is 2.36. The molecular weight excluding hydrogens is 422 g/mol. The van der Waals surface area contributed by atoms with Crippen molar-refractivity contribution in [1.82, 2.24) is 19.9 Å². The lowest BCUT2D eigenvalue weighted by Crippen LogP contribution is -2.44. The summed E-state index contributed by atoms with van der Waals surface area (Å²) in [6.07, 6.45) is 7.49. The van der Waals surface area contributed by atoms with Crippen LogP contribution < -0.4 is 21.7 Å². The summed E-state index contributed by atoms with van der Waals surface area (Å²) in [5.41, 5.74) is 11.3. The number of hydrogen-bond donors (Lipinski definition) is 4. The number of imidazole rings is 1. The minimum atomic E-state index is 0.252. The number of aromatic nitrogens is 3. The molecule has 172 valence electrons. The smallest absolute Gasteiger partial charge is 0.164 e. The quantitative estimate of drug-likeness (QED) is 0.352. The average Bonchev–Trinajstić information content (AvgIpc) is 3.17. The van der Waals surface area contributed by atoms with Gasteiger partial charge >= 0.3 is 0 Å². The first kappa shape index (κ1) is 22.7. The largest absolute Gasteiger partial charge is 0.399 e. The molecule has 2 unspecified atom stereocenters. The molecule has 0 saturated heterocycles. The summed E-state index contributed by atoms with van der Waals surface area (Å²) >= 11 is 6.27. The summed E-state index contributed by atoms with van der Waals surface area (Å²) in [7, 11) is 2.05. The van der Waals surface area contributed by atoms with Crippen molar-refractivity contribution in [2.75, 3.05) is 23.4 Å². The number of hydrogen-bond acceptors (Lipinski definition) is 6. The third-order valence-electron chi connectivity index (χ3n) is 6.37. The Balaban J connectivity index is 1.84. The number of anilines is 4. The van der Waals surface area contributed by atoms with E-state index in [1.54, 1.807) is 6.07 Å². The van der Waals surface area contributed by atoms with Gasteiger partial charge in [-0.2, -0.15) is 0 Å². The number of benzene rings is 1. The zero-order chi connectivity index (χ0) is 22.8. The first-order valence-electron chi connectivity index (χ1n) is 11.6. The molecule has 1 aliphatic rings. The first-order valence-corrected chi connectivity index (χ1v) is 11.9. The molecule has 2 atom stereocenters. The molecular formula is C24H34ClN7. The lowest BCUT2D eigenvalue weighted by molar-refractivity contribution is 0.361. The number of halogens is 1. The molecule has 0 spiro atoms. The fraction of sp³-hybridized carbons (Fsp3) is 0.500. The molecule has 2 aromatic heterocycles. The van der Waals surface area contributed by atoms with Gasteiger partial charge in [-0.05, 0) is 58.4 Å². The zero-order valence-corrected chi connectivity index (χ0v) is 20.1. The Morgan fingerprint density at radius 1 is 1.19 bits per heavy atom. The van der Waals surface area contributed by atoms with Crippen molar-refractivity contribution in [2.24, 2.45) is 0 Å². The number of rotatable bonds is 7. The van der Waals surface area contributed by atoms with Crippen molar-refractivity contribution in [1.29, 1.82) is 0 Å². The number of nitrogen functional groups attached to an aromatic ring is 1. The second-order valence-corrected chi connectivity index (χ2v) is 9.35.